The Hall–Kier alpha value is -2.14. The fourth-order valence-corrected chi connectivity index (χ4v) is 2.14. The van der Waals surface area contributed by atoms with Gasteiger partial charge in [0.15, 0.2) is 0 Å². The molecule has 0 fully saturated rings. The molecule has 0 spiro atoms. The third-order valence-electron chi connectivity index (χ3n) is 3.33. The number of hydrogen-bond donors (Lipinski definition) is 2. The molecule has 5 heteroatoms. The third kappa shape index (κ3) is 4.70. The van der Waals surface area contributed by atoms with Gasteiger partial charge >= 0.3 is 0 Å². The third-order valence-corrected chi connectivity index (χ3v) is 3.33. The summed E-state index contributed by atoms with van der Waals surface area (Å²) in [5, 5.41) is 5.88. The number of furan rings is 1. The largest absolute Gasteiger partial charge is 0.461 e. The molecule has 0 aliphatic rings. The lowest BCUT2D eigenvalue weighted by Gasteiger charge is -2.04. The fraction of sp³-hybridized carbons (Fsp3) is 0.353. The predicted octanol–water partition coefficient (Wildman–Crippen LogP) is 2.74. The molecule has 0 radical (unpaired) electrons. The molecular weight excluding hydrogens is 283 g/mol. The van der Waals surface area contributed by atoms with Crippen LogP contribution in [0.3, 0.4) is 0 Å². The average molecular weight is 304 g/mol. The minimum Gasteiger partial charge on any atom is -0.461 e. The van der Waals surface area contributed by atoms with Crippen LogP contribution in [0, 0.1) is 5.82 Å². The van der Waals surface area contributed by atoms with Crippen molar-refractivity contribution < 1.29 is 13.6 Å². The Morgan fingerprint density at radius 1 is 1.18 bits per heavy atom. The van der Waals surface area contributed by atoms with Crippen molar-refractivity contribution in [1.82, 2.24) is 10.6 Å². The molecule has 1 aromatic heterocycles. The van der Waals surface area contributed by atoms with Gasteiger partial charge in [-0.1, -0.05) is 12.1 Å². The summed E-state index contributed by atoms with van der Waals surface area (Å²) in [4.78, 5) is 11.7. The van der Waals surface area contributed by atoms with Gasteiger partial charge in [-0.05, 0) is 44.3 Å². The van der Waals surface area contributed by atoms with E-state index in [4.69, 9.17) is 4.42 Å². The van der Waals surface area contributed by atoms with Crippen molar-refractivity contribution in [1.29, 1.82) is 0 Å². The molecule has 0 atom stereocenters. The number of aryl methyl sites for hydroxylation is 1. The van der Waals surface area contributed by atoms with Crippen LogP contribution in [0.1, 0.15) is 18.6 Å². The van der Waals surface area contributed by atoms with Crippen LogP contribution in [-0.2, 0) is 11.2 Å². The van der Waals surface area contributed by atoms with E-state index in [1.165, 1.54) is 6.07 Å². The summed E-state index contributed by atoms with van der Waals surface area (Å²) in [7, 11) is 1.88. The minimum atomic E-state index is -0.314. The Bertz CT molecular complexity index is 610. The first-order valence-electron chi connectivity index (χ1n) is 7.45. The number of halogens is 1. The number of amides is 1. The molecule has 22 heavy (non-hydrogen) atoms. The molecule has 0 unspecified atom stereocenters. The smallest absolute Gasteiger partial charge is 0.220 e. The summed E-state index contributed by atoms with van der Waals surface area (Å²) in [6.07, 6.45) is 1.77. The van der Waals surface area contributed by atoms with Gasteiger partial charge < -0.3 is 15.1 Å². The number of carbonyl (C=O) groups is 1. The topological polar surface area (TPSA) is 54.3 Å². The van der Waals surface area contributed by atoms with Crippen molar-refractivity contribution in [3.05, 3.63) is 48.0 Å². The van der Waals surface area contributed by atoms with E-state index < -0.39 is 0 Å². The lowest BCUT2D eigenvalue weighted by molar-refractivity contribution is -0.121. The zero-order chi connectivity index (χ0) is 15.8. The Kier molecular flexibility index (Phi) is 6.15. The zero-order valence-electron chi connectivity index (χ0n) is 12.7. The van der Waals surface area contributed by atoms with Crippen LogP contribution < -0.4 is 10.6 Å². The van der Waals surface area contributed by atoms with E-state index in [0.717, 1.165) is 13.0 Å². The van der Waals surface area contributed by atoms with Crippen molar-refractivity contribution in [2.45, 2.75) is 19.3 Å². The molecule has 0 saturated heterocycles. The second-order valence-electron chi connectivity index (χ2n) is 5.05. The molecule has 0 aliphatic heterocycles. The van der Waals surface area contributed by atoms with Gasteiger partial charge in [-0.25, -0.2) is 4.39 Å². The summed E-state index contributed by atoms with van der Waals surface area (Å²) in [6, 6.07) is 10.00. The van der Waals surface area contributed by atoms with Crippen molar-refractivity contribution in [2.24, 2.45) is 0 Å². The van der Waals surface area contributed by atoms with Gasteiger partial charge in [0.1, 0.15) is 17.3 Å². The number of rotatable bonds is 8. The zero-order valence-corrected chi connectivity index (χ0v) is 12.7. The highest BCUT2D eigenvalue weighted by Crippen LogP contribution is 2.25. The van der Waals surface area contributed by atoms with E-state index in [2.05, 4.69) is 10.6 Å². The van der Waals surface area contributed by atoms with Crippen molar-refractivity contribution in [2.75, 3.05) is 20.1 Å². The van der Waals surface area contributed by atoms with Crippen LogP contribution in [-0.4, -0.2) is 26.0 Å². The van der Waals surface area contributed by atoms with E-state index in [1.54, 1.807) is 30.3 Å². The van der Waals surface area contributed by atoms with Gasteiger partial charge in [0.2, 0.25) is 5.91 Å². The Labute approximate surface area is 129 Å². The van der Waals surface area contributed by atoms with E-state index in [9.17, 15) is 9.18 Å². The standard InChI is InChI=1S/C17H21FN2O2/c1-19-11-4-12-20-17(21)10-8-13-7-9-16(22-13)14-5-2-3-6-15(14)18/h2-3,5-7,9,19H,4,8,10-12H2,1H3,(H,20,21). The lowest BCUT2D eigenvalue weighted by Crippen LogP contribution is -2.26. The highest BCUT2D eigenvalue weighted by Gasteiger charge is 2.10. The predicted molar refractivity (Wildman–Crippen MR) is 84.0 cm³/mol. The van der Waals surface area contributed by atoms with Gasteiger partial charge in [-0.2, -0.15) is 0 Å². The fourth-order valence-electron chi connectivity index (χ4n) is 2.14. The van der Waals surface area contributed by atoms with E-state index >= 15 is 0 Å². The van der Waals surface area contributed by atoms with Gasteiger partial charge in [-0.3, -0.25) is 4.79 Å². The number of carbonyl (C=O) groups excluding carboxylic acids is 1. The SMILES string of the molecule is CNCCCNC(=O)CCc1ccc(-c2ccccc2F)o1. The molecule has 2 rings (SSSR count). The molecule has 1 amide bonds. The second kappa shape index (κ2) is 8.34. The Balaban J connectivity index is 1.83. The molecule has 4 nitrogen and oxygen atoms in total. The Morgan fingerprint density at radius 2 is 2.00 bits per heavy atom. The summed E-state index contributed by atoms with van der Waals surface area (Å²) in [5.41, 5.74) is 0.435. The van der Waals surface area contributed by atoms with Gasteiger partial charge in [-0.15, -0.1) is 0 Å². The molecule has 1 aromatic carbocycles. The highest BCUT2D eigenvalue weighted by atomic mass is 19.1. The number of hydrogen-bond acceptors (Lipinski definition) is 3. The maximum atomic E-state index is 13.7. The van der Waals surface area contributed by atoms with Crippen molar-refractivity contribution in [3.8, 4) is 11.3 Å². The van der Waals surface area contributed by atoms with Crippen LogP contribution >= 0.6 is 0 Å². The average Bonchev–Trinajstić information content (AvgIpc) is 2.99. The number of nitrogens with one attached hydrogen (secondary N) is 2. The normalized spacial score (nSPS) is 10.6. The molecule has 0 aliphatic carbocycles. The van der Waals surface area contributed by atoms with Gasteiger partial charge in [0, 0.05) is 19.4 Å². The molecule has 0 saturated carbocycles. The quantitative estimate of drug-likeness (QED) is 0.737. The van der Waals surface area contributed by atoms with Crippen LogP contribution in [0.2, 0.25) is 0 Å². The molecule has 2 aromatic rings. The summed E-state index contributed by atoms with van der Waals surface area (Å²) >= 11 is 0. The van der Waals surface area contributed by atoms with Gasteiger partial charge in [0.25, 0.3) is 0 Å². The Morgan fingerprint density at radius 3 is 2.77 bits per heavy atom. The van der Waals surface area contributed by atoms with E-state index in [1.807, 2.05) is 7.05 Å². The van der Waals surface area contributed by atoms with E-state index in [0.29, 0.717) is 36.5 Å². The molecular formula is C17H21FN2O2. The molecule has 2 N–H and O–H groups in total. The first kappa shape index (κ1) is 16.2. The maximum absolute atomic E-state index is 13.7. The monoisotopic (exact) mass is 304 g/mol. The van der Waals surface area contributed by atoms with Crippen molar-refractivity contribution in [3.63, 3.8) is 0 Å². The highest BCUT2D eigenvalue weighted by molar-refractivity contribution is 5.76. The lowest BCUT2D eigenvalue weighted by atomic mass is 10.1. The molecule has 118 valence electrons. The second-order valence-corrected chi connectivity index (χ2v) is 5.05. The summed E-state index contributed by atoms with van der Waals surface area (Å²) in [5.74, 6) is 0.858. The van der Waals surface area contributed by atoms with Crippen LogP contribution in [0.25, 0.3) is 11.3 Å². The summed E-state index contributed by atoms with van der Waals surface area (Å²) in [6.45, 7) is 1.54. The van der Waals surface area contributed by atoms with Crippen LogP contribution in [0.4, 0.5) is 4.39 Å². The van der Waals surface area contributed by atoms with Crippen molar-refractivity contribution >= 4 is 5.91 Å². The summed E-state index contributed by atoms with van der Waals surface area (Å²) < 4.78 is 19.3. The first-order chi connectivity index (χ1) is 10.7. The maximum Gasteiger partial charge on any atom is 0.220 e. The first-order valence-corrected chi connectivity index (χ1v) is 7.45. The van der Waals surface area contributed by atoms with E-state index in [-0.39, 0.29) is 11.7 Å². The number of benzene rings is 1. The van der Waals surface area contributed by atoms with Crippen LogP contribution in [0.5, 0.6) is 0 Å². The van der Waals surface area contributed by atoms with Crippen LogP contribution in [0.15, 0.2) is 40.8 Å². The van der Waals surface area contributed by atoms with Gasteiger partial charge in [0.05, 0.1) is 5.56 Å². The molecule has 0 bridgehead atoms. The molecule has 1 heterocycles. The minimum absolute atomic E-state index is 0.0000512.